The van der Waals surface area contributed by atoms with Gasteiger partial charge in [0.05, 0.1) is 11.4 Å². The zero-order chi connectivity index (χ0) is 15.6. The third-order valence-corrected chi connectivity index (χ3v) is 4.12. The van der Waals surface area contributed by atoms with E-state index in [0.29, 0.717) is 17.2 Å². The molecule has 1 atom stereocenters. The molecule has 1 amide bonds. The third kappa shape index (κ3) is 3.67. The highest BCUT2D eigenvalue weighted by Gasteiger charge is 2.23. The maximum atomic E-state index is 12.5. The van der Waals surface area contributed by atoms with Crippen LogP contribution in [0.3, 0.4) is 0 Å². The molecule has 21 heavy (non-hydrogen) atoms. The highest BCUT2D eigenvalue weighted by atomic mass is 16.2. The van der Waals surface area contributed by atoms with Crippen LogP contribution in [0.15, 0.2) is 18.2 Å². The monoisotopic (exact) mass is 290 g/mol. The average molecular weight is 290 g/mol. The zero-order valence-corrected chi connectivity index (χ0v) is 13.5. The van der Waals surface area contributed by atoms with Crippen molar-refractivity contribution in [2.24, 2.45) is 5.92 Å². The Hall–Kier alpha value is -1.75. The smallest absolute Gasteiger partial charge is 0.253 e. The van der Waals surface area contributed by atoms with Crippen LogP contribution < -0.4 is 10.6 Å². The summed E-state index contributed by atoms with van der Waals surface area (Å²) in [5.41, 5.74) is 8.26. The molecular weight excluding hydrogens is 264 g/mol. The number of hydrogen-bond acceptors (Lipinski definition) is 4. The van der Waals surface area contributed by atoms with Gasteiger partial charge >= 0.3 is 0 Å². The summed E-state index contributed by atoms with van der Waals surface area (Å²) in [7, 11) is 7.88. The molecule has 1 unspecified atom stereocenters. The van der Waals surface area contributed by atoms with Crippen LogP contribution in [0, 0.1) is 5.92 Å². The molecule has 0 saturated carbocycles. The minimum atomic E-state index is 0.0431. The summed E-state index contributed by atoms with van der Waals surface area (Å²) in [6, 6.07) is 5.53. The number of nitrogens with zero attached hydrogens (tertiary/aromatic N) is 3. The fourth-order valence-electron chi connectivity index (χ4n) is 2.96. The maximum Gasteiger partial charge on any atom is 0.253 e. The quantitative estimate of drug-likeness (QED) is 0.851. The first kappa shape index (κ1) is 15.6. The molecule has 5 nitrogen and oxygen atoms in total. The van der Waals surface area contributed by atoms with Crippen molar-refractivity contribution in [1.29, 1.82) is 0 Å². The van der Waals surface area contributed by atoms with Crippen molar-refractivity contribution < 1.29 is 4.79 Å². The molecule has 116 valence electrons. The van der Waals surface area contributed by atoms with E-state index in [1.165, 1.54) is 0 Å². The predicted octanol–water partition coefficient (Wildman–Crippen LogP) is 1.36. The second-order valence-corrected chi connectivity index (χ2v) is 6.27. The van der Waals surface area contributed by atoms with Gasteiger partial charge in [0.2, 0.25) is 0 Å². The molecule has 0 radical (unpaired) electrons. The molecule has 1 aromatic rings. The first-order valence-corrected chi connectivity index (χ1v) is 7.39. The number of carbonyl (C=O) groups is 1. The minimum absolute atomic E-state index is 0.0431. The standard InChI is InChI=1S/C16H26N4O/c1-18(2)15-6-5-13(9-14(15)17)16(21)20(4)11-12-7-8-19(3)10-12/h5-6,9,12H,7-8,10-11,17H2,1-4H3. The Morgan fingerprint density at radius 1 is 1.38 bits per heavy atom. The molecule has 1 saturated heterocycles. The van der Waals surface area contributed by atoms with Gasteiger partial charge in [-0.25, -0.2) is 0 Å². The Labute approximate surface area is 127 Å². The van der Waals surface area contributed by atoms with E-state index >= 15 is 0 Å². The summed E-state index contributed by atoms with van der Waals surface area (Å²) in [6.45, 7) is 3.00. The van der Waals surface area contributed by atoms with Crippen LogP contribution in [0.2, 0.25) is 0 Å². The number of amides is 1. The molecule has 1 aliphatic heterocycles. The lowest BCUT2D eigenvalue weighted by Crippen LogP contribution is -2.32. The number of rotatable bonds is 4. The summed E-state index contributed by atoms with van der Waals surface area (Å²) >= 11 is 0. The fraction of sp³-hybridized carbons (Fsp3) is 0.562. The molecule has 2 N–H and O–H groups in total. The number of anilines is 2. The van der Waals surface area contributed by atoms with E-state index in [1.807, 2.05) is 43.1 Å². The fourth-order valence-corrected chi connectivity index (χ4v) is 2.96. The van der Waals surface area contributed by atoms with Crippen molar-refractivity contribution in [2.75, 3.05) is 58.5 Å². The van der Waals surface area contributed by atoms with E-state index in [4.69, 9.17) is 5.73 Å². The van der Waals surface area contributed by atoms with Gasteiger partial charge in [-0.15, -0.1) is 0 Å². The number of benzene rings is 1. The van der Waals surface area contributed by atoms with Gasteiger partial charge in [-0.1, -0.05) is 0 Å². The molecule has 1 heterocycles. The summed E-state index contributed by atoms with van der Waals surface area (Å²) in [5, 5.41) is 0. The number of likely N-dealkylation sites (tertiary alicyclic amines) is 1. The highest BCUT2D eigenvalue weighted by Crippen LogP contribution is 2.23. The predicted molar refractivity (Wildman–Crippen MR) is 87.7 cm³/mol. The topological polar surface area (TPSA) is 52.8 Å². The van der Waals surface area contributed by atoms with Crippen molar-refractivity contribution in [3.63, 3.8) is 0 Å². The molecule has 5 heteroatoms. The van der Waals surface area contributed by atoms with Gasteiger partial charge in [0.15, 0.2) is 0 Å². The highest BCUT2D eigenvalue weighted by molar-refractivity contribution is 5.96. The van der Waals surface area contributed by atoms with Gasteiger partial charge in [0, 0.05) is 39.8 Å². The second-order valence-electron chi connectivity index (χ2n) is 6.27. The first-order chi connectivity index (χ1) is 9.88. The van der Waals surface area contributed by atoms with Crippen LogP contribution in [0.25, 0.3) is 0 Å². The number of nitrogen functional groups attached to an aromatic ring is 1. The average Bonchev–Trinajstić information content (AvgIpc) is 2.82. The maximum absolute atomic E-state index is 12.5. The summed E-state index contributed by atoms with van der Waals surface area (Å²) in [5.74, 6) is 0.615. The van der Waals surface area contributed by atoms with Crippen LogP contribution in [-0.2, 0) is 0 Å². The molecule has 0 bridgehead atoms. The molecule has 1 aromatic carbocycles. The SMILES string of the molecule is CN1CCC(CN(C)C(=O)c2ccc(N(C)C)c(N)c2)C1. The van der Waals surface area contributed by atoms with E-state index in [0.717, 1.165) is 31.7 Å². The second kappa shape index (κ2) is 6.35. The van der Waals surface area contributed by atoms with E-state index in [2.05, 4.69) is 11.9 Å². The summed E-state index contributed by atoms with van der Waals surface area (Å²) < 4.78 is 0. The normalized spacial score (nSPS) is 18.8. The Kier molecular flexibility index (Phi) is 4.73. The van der Waals surface area contributed by atoms with Crippen molar-refractivity contribution in [2.45, 2.75) is 6.42 Å². The van der Waals surface area contributed by atoms with E-state index < -0.39 is 0 Å². The number of hydrogen-bond donors (Lipinski definition) is 1. The first-order valence-electron chi connectivity index (χ1n) is 7.39. The van der Waals surface area contributed by atoms with Crippen LogP contribution in [0.5, 0.6) is 0 Å². The molecule has 0 aromatic heterocycles. The van der Waals surface area contributed by atoms with Crippen molar-refractivity contribution in [3.8, 4) is 0 Å². The Morgan fingerprint density at radius 2 is 2.10 bits per heavy atom. The molecule has 2 rings (SSSR count). The lowest BCUT2D eigenvalue weighted by molar-refractivity contribution is 0.0774. The van der Waals surface area contributed by atoms with E-state index in [-0.39, 0.29) is 5.91 Å². The minimum Gasteiger partial charge on any atom is -0.397 e. The summed E-state index contributed by atoms with van der Waals surface area (Å²) in [4.78, 5) is 18.6. The molecule has 0 aliphatic carbocycles. The van der Waals surface area contributed by atoms with Crippen molar-refractivity contribution in [1.82, 2.24) is 9.80 Å². The van der Waals surface area contributed by atoms with Gasteiger partial charge < -0.3 is 20.4 Å². The van der Waals surface area contributed by atoms with Gasteiger partial charge in [-0.3, -0.25) is 4.79 Å². The van der Waals surface area contributed by atoms with Gasteiger partial charge in [-0.05, 0) is 44.1 Å². The molecule has 0 spiro atoms. The largest absolute Gasteiger partial charge is 0.397 e. The molecule has 1 fully saturated rings. The van der Waals surface area contributed by atoms with Crippen LogP contribution in [0.4, 0.5) is 11.4 Å². The number of carbonyl (C=O) groups excluding carboxylic acids is 1. The van der Waals surface area contributed by atoms with Gasteiger partial charge in [0.25, 0.3) is 5.91 Å². The van der Waals surface area contributed by atoms with Crippen LogP contribution in [-0.4, -0.2) is 63.5 Å². The Morgan fingerprint density at radius 3 is 2.62 bits per heavy atom. The Bertz CT molecular complexity index is 515. The van der Waals surface area contributed by atoms with Gasteiger partial charge in [0.1, 0.15) is 0 Å². The van der Waals surface area contributed by atoms with Crippen molar-refractivity contribution >= 4 is 17.3 Å². The zero-order valence-electron chi connectivity index (χ0n) is 13.5. The summed E-state index contributed by atoms with van der Waals surface area (Å²) in [6.07, 6.45) is 1.16. The van der Waals surface area contributed by atoms with Crippen LogP contribution in [0.1, 0.15) is 16.8 Å². The number of nitrogens with two attached hydrogens (primary N) is 1. The molecular formula is C16H26N4O. The third-order valence-electron chi connectivity index (χ3n) is 4.12. The van der Waals surface area contributed by atoms with E-state index in [9.17, 15) is 4.79 Å². The lowest BCUT2D eigenvalue weighted by atomic mass is 10.1. The van der Waals surface area contributed by atoms with Gasteiger partial charge in [-0.2, -0.15) is 0 Å². The van der Waals surface area contributed by atoms with E-state index in [1.54, 1.807) is 6.07 Å². The van der Waals surface area contributed by atoms with Crippen molar-refractivity contribution in [3.05, 3.63) is 23.8 Å². The lowest BCUT2D eigenvalue weighted by Gasteiger charge is -2.22. The molecule has 1 aliphatic rings. The Balaban J connectivity index is 2.03. The van der Waals surface area contributed by atoms with Crippen LogP contribution >= 0.6 is 0 Å².